The van der Waals surface area contributed by atoms with Crippen LogP contribution in [0.15, 0.2) is 42.6 Å². The molecule has 0 aliphatic carbocycles. The molecule has 0 radical (unpaired) electrons. The third-order valence-electron chi connectivity index (χ3n) is 2.51. The minimum atomic E-state index is -0.564. The number of hydrogen-bond donors (Lipinski definition) is 0. The molecule has 0 aliphatic rings. The van der Waals surface area contributed by atoms with Crippen LogP contribution in [0.1, 0.15) is 17.3 Å². The van der Waals surface area contributed by atoms with Gasteiger partial charge in [-0.1, -0.05) is 6.07 Å². The van der Waals surface area contributed by atoms with Crippen LogP contribution in [0.3, 0.4) is 0 Å². The average Bonchev–Trinajstić information content (AvgIpc) is 2.48. The molecule has 0 N–H and O–H groups in total. The highest BCUT2D eigenvalue weighted by molar-refractivity contribution is 5.91. The van der Waals surface area contributed by atoms with Crippen LogP contribution in [0.2, 0.25) is 0 Å². The third-order valence-corrected chi connectivity index (χ3v) is 2.51. The molecule has 2 aromatic rings. The fourth-order valence-corrected chi connectivity index (χ4v) is 1.61. The first-order chi connectivity index (χ1) is 10.1. The molecule has 1 heterocycles. The topological polar surface area (TPSA) is 91.6 Å². The van der Waals surface area contributed by atoms with Gasteiger partial charge >= 0.3 is 5.97 Å². The van der Waals surface area contributed by atoms with Gasteiger partial charge in [-0.3, -0.25) is 10.1 Å². The molecule has 0 fully saturated rings. The maximum atomic E-state index is 11.8. The van der Waals surface area contributed by atoms with E-state index in [0.717, 1.165) is 0 Å². The van der Waals surface area contributed by atoms with E-state index in [4.69, 9.17) is 9.47 Å². The number of aromatic nitrogens is 1. The number of nitro benzene ring substituents is 1. The molecule has 0 atom stereocenters. The van der Waals surface area contributed by atoms with E-state index in [2.05, 4.69) is 4.98 Å². The highest BCUT2D eigenvalue weighted by Gasteiger charge is 2.16. The molecule has 0 amide bonds. The van der Waals surface area contributed by atoms with E-state index in [1.54, 1.807) is 13.0 Å². The quantitative estimate of drug-likeness (QED) is 0.477. The van der Waals surface area contributed by atoms with Crippen molar-refractivity contribution < 1.29 is 19.2 Å². The Bertz CT molecular complexity index is 672. The van der Waals surface area contributed by atoms with Crippen molar-refractivity contribution in [2.24, 2.45) is 0 Å². The van der Waals surface area contributed by atoms with Gasteiger partial charge in [0.2, 0.25) is 5.88 Å². The molecule has 2 rings (SSSR count). The van der Waals surface area contributed by atoms with E-state index in [-0.39, 0.29) is 29.5 Å². The third kappa shape index (κ3) is 3.53. The van der Waals surface area contributed by atoms with Crippen molar-refractivity contribution in [2.75, 3.05) is 6.61 Å². The molecular formula is C14H12N2O5. The molecule has 0 spiro atoms. The maximum Gasteiger partial charge on any atom is 0.343 e. The molecule has 1 aromatic carbocycles. The Morgan fingerprint density at radius 2 is 2.14 bits per heavy atom. The summed E-state index contributed by atoms with van der Waals surface area (Å²) in [5.41, 5.74) is 0.0481. The molecule has 1 aromatic heterocycles. The number of benzene rings is 1. The number of nitro groups is 1. The van der Waals surface area contributed by atoms with E-state index < -0.39 is 10.9 Å². The Balaban J connectivity index is 2.29. The summed E-state index contributed by atoms with van der Waals surface area (Å²) in [5.74, 6) is -0.309. The monoisotopic (exact) mass is 288 g/mol. The summed E-state index contributed by atoms with van der Waals surface area (Å²) in [6.45, 7) is 1.92. The lowest BCUT2D eigenvalue weighted by atomic mass is 10.2. The van der Waals surface area contributed by atoms with E-state index in [0.29, 0.717) is 0 Å². The van der Waals surface area contributed by atoms with Crippen LogP contribution in [0.25, 0.3) is 0 Å². The van der Waals surface area contributed by atoms with Crippen molar-refractivity contribution in [1.82, 2.24) is 4.98 Å². The van der Waals surface area contributed by atoms with Gasteiger partial charge in [-0.2, -0.15) is 0 Å². The predicted octanol–water partition coefficient (Wildman–Crippen LogP) is 2.96. The fourth-order valence-electron chi connectivity index (χ4n) is 1.61. The summed E-state index contributed by atoms with van der Waals surface area (Å²) >= 11 is 0. The molecule has 108 valence electrons. The lowest BCUT2D eigenvalue weighted by Gasteiger charge is -2.08. The first kappa shape index (κ1) is 14.4. The minimum Gasteiger partial charge on any atom is -0.462 e. The largest absolute Gasteiger partial charge is 0.462 e. The van der Waals surface area contributed by atoms with Crippen LogP contribution in [-0.4, -0.2) is 22.5 Å². The Hall–Kier alpha value is -2.96. The zero-order valence-electron chi connectivity index (χ0n) is 11.2. The van der Waals surface area contributed by atoms with Gasteiger partial charge in [0.25, 0.3) is 5.69 Å². The summed E-state index contributed by atoms with van der Waals surface area (Å²) in [5, 5.41) is 10.7. The van der Waals surface area contributed by atoms with E-state index in [9.17, 15) is 14.9 Å². The second kappa shape index (κ2) is 6.47. The molecule has 0 unspecified atom stereocenters. The highest BCUT2D eigenvalue weighted by Crippen LogP contribution is 2.26. The number of esters is 1. The smallest absolute Gasteiger partial charge is 0.343 e. The number of pyridine rings is 1. The van der Waals surface area contributed by atoms with Gasteiger partial charge in [0.15, 0.2) is 0 Å². The number of nitrogens with zero attached hydrogens (tertiary/aromatic N) is 2. The van der Waals surface area contributed by atoms with E-state index >= 15 is 0 Å². The predicted molar refractivity (Wildman–Crippen MR) is 73.4 cm³/mol. The van der Waals surface area contributed by atoms with Crippen LogP contribution in [0.4, 0.5) is 5.69 Å². The van der Waals surface area contributed by atoms with Crippen molar-refractivity contribution in [1.29, 1.82) is 0 Å². The standard InChI is InChI=1S/C14H12N2O5/c1-2-20-14(17)12-7-4-8-15-13(12)21-11-6-3-5-10(9-11)16(18)19/h3-9H,2H2,1H3. The van der Waals surface area contributed by atoms with Crippen LogP contribution in [0, 0.1) is 10.1 Å². The van der Waals surface area contributed by atoms with Crippen molar-refractivity contribution >= 4 is 11.7 Å². The fraction of sp³-hybridized carbons (Fsp3) is 0.143. The molecule has 0 saturated carbocycles. The average molecular weight is 288 g/mol. The van der Waals surface area contributed by atoms with Crippen LogP contribution in [0.5, 0.6) is 11.6 Å². The Morgan fingerprint density at radius 3 is 2.86 bits per heavy atom. The zero-order valence-corrected chi connectivity index (χ0v) is 11.2. The zero-order chi connectivity index (χ0) is 15.2. The number of rotatable bonds is 5. The number of carbonyl (C=O) groups is 1. The molecule has 7 nitrogen and oxygen atoms in total. The van der Waals surface area contributed by atoms with Crippen LogP contribution in [-0.2, 0) is 4.74 Å². The van der Waals surface area contributed by atoms with E-state index in [1.807, 2.05) is 0 Å². The second-order valence-electron chi connectivity index (χ2n) is 3.93. The van der Waals surface area contributed by atoms with E-state index in [1.165, 1.54) is 36.5 Å². The molecule has 0 saturated heterocycles. The summed E-state index contributed by atoms with van der Waals surface area (Å²) in [6.07, 6.45) is 1.45. The Kier molecular flexibility index (Phi) is 4.45. The molecule has 0 aliphatic heterocycles. The van der Waals surface area contributed by atoms with Gasteiger partial charge in [0.05, 0.1) is 17.6 Å². The van der Waals surface area contributed by atoms with Crippen molar-refractivity contribution in [3.8, 4) is 11.6 Å². The van der Waals surface area contributed by atoms with Gasteiger partial charge in [0.1, 0.15) is 11.3 Å². The highest BCUT2D eigenvalue weighted by atomic mass is 16.6. The summed E-state index contributed by atoms with van der Waals surface area (Å²) in [6, 6.07) is 8.71. The lowest BCUT2D eigenvalue weighted by Crippen LogP contribution is -2.07. The van der Waals surface area contributed by atoms with Crippen molar-refractivity contribution in [3.05, 3.63) is 58.3 Å². The normalized spacial score (nSPS) is 9.95. The van der Waals surface area contributed by atoms with Gasteiger partial charge in [-0.15, -0.1) is 0 Å². The van der Waals surface area contributed by atoms with Crippen LogP contribution < -0.4 is 4.74 Å². The second-order valence-corrected chi connectivity index (χ2v) is 3.93. The number of carbonyl (C=O) groups excluding carboxylic acids is 1. The van der Waals surface area contributed by atoms with Gasteiger partial charge in [0, 0.05) is 12.3 Å². The SMILES string of the molecule is CCOC(=O)c1cccnc1Oc1cccc([N+](=O)[O-])c1. The molecule has 7 heteroatoms. The molecule has 0 bridgehead atoms. The summed E-state index contributed by atoms with van der Waals surface area (Å²) in [4.78, 5) is 25.9. The van der Waals surface area contributed by atoms with Crippen molar-refractivity contribution in [2.45, 2.75) is 6.92 Å². The van der Waals surface area contributed by atoms with Crippen LogP contribution >= 0.6 is 0 Å². The number of hydrogen-bond acceptors (Lipinski definition) is 6. The molecule has 21 heavy (non-hydrogen) atoms. The molecular weight excluding hydrogens is 276 g/mol. The minimum absolute atomic E-state index is 0.0384. The number of ether oxygens (including phenoxy) is 2. The van der Waals surface area contributed by atoms with Gasteiger partial charge < -0.3 is 9.47 Å². The maximum absolute atomic E-state index is 11.8. The Morgan fingerprint density at radius 1 is 1.33 bits per heavy atom. The summed E-state index contributed by atoms with van der Waals surface area (Å²) < 4.78 is 10.4. The van der Waals surface area contributed by atoms with Gasteiger partial charge in [-0.25, -0.2) is 9.78 Å². The Labute approximate surface area is 120 Å². The van der Waals surface area contributed by atoms with Gasteiger partial charge in [-0.05, 0) is 25.1 Å². The van der Waals surface area contributed by atoms with Crippen molar-refractivity contribution in [3.63, 3.8) is 0 Å². The first-order valence-corrected chi connectivity index (χ1v) is 6.16. The lowest BCUT2D eigenvalue weighted by molar-refractivity contribution is -0.384. The number of non-ortho nitro benzene ring substituents is 1. The summed E-state index contributed by atoms with van der Waals surface area (Å²) in [7, 11) is 0. The first-order valence-electron chi connectivity index (χ1n) is 6.16.